The Hall–Kier alpha value is -2.41. The summed E-state index contributed by atoms with van der Waals surface area (Å²) in [6, 6.07) is 12.7. The van der Waals surface area contributed by atoms with Crippen molar-refractivity contribution >= 4 is 19.0 Å². The van der Waals surface area contributed by atoms with Crippen LogP contribution in [0.15, 0.2) is 48.5 Å². The third-order valence-electron chi connectivity index (χ3n) is 3.64. The van der Waals surface area contributed by atoms with Gasteiger partial charge in [0, 0.05) is 32.0 Å². The second-order valence-electron chi connectivity index (χ2n) is 5.03. The summed E-state index contributed by atoms with van der Waals surface area (Å²) in [6.07, 6.45) is 0. The van der Waals surface area contributed by atoms with Crippen molar-refractivity contribution in [2.24, 2.45) is 0 Å². The SMILES string of the molecule is COc1ccc([C@@H](Nc2ccc([N+](=O)[O-])cc2)P(=O)(OC)OC)cc1. The molecule has 0 aromatic heterocycles. The van der Waals surface area contributed by atoms with Crippen molar-refractivity contribution in [3.05, 3.63) is 64.2 Å². The lowest BCUT2D eigenvalue weighted by molar-refractivity contribution is -0.384. The number of rotatable bonds is 8. The maximum absolute atomic E-state index is 12.9. The van der Waals surface area contributed by atoms with Crippen LogP contribution < -0.4 is 10.1 Å². The van der Waals surface area contributed by atoms with E-state index in [1.165, 1.54) is 38.5 Å². The molecular weight excluding hydrogens is 347 g/mol. The molecule has 2 aromatic rings. The zero-order valence-electron chi connectivity index (χ0n) is 14.0. The van der Waals surface area contributed by atoms with E-state index in [2.05, 4.69) is 5.32 Å². The normalized spacial score (nSPS) is 12.4. The number of methoxy groups -OCH3 is 1. The van der Waals surface area contributed by atoms with Crippen LogP contribution in [0, 0.1) is 10.1 Å². The number of anilines is 1. The van der Waals surface area contributed by atoms with Gasteiger partial charge in [-0.3, -0.25) is 14.7 Å². The molecule has 0 aliphatic rings. The first kappa shape index (κ1) is 18.9. The van der Waals surface area contributed by atoms with Gasteiger partial charge in [0.2, 0.25) is 0 Å². The number of ether oxygens (including phenoxy) is 1. The van der Waals surface area contributed by atoms with Gasteiger partial charge in [0.05, 0.1) is 12.0 Å². The molecule has 134 valence electrons. The summed E-state index contributed by atoms with van der Waals surface area (Å²) in [5.74, 6) is -0.141. The average Bonchev–Trinajstić information content (AvgIpc) is 2.66. The molecule has 0 bridgehead atoms. The van der Waals surface area contributed by atoms with Crippen LogP contribution in [0.3, 0.4) is 0 Å². The molecule has 2 rings (SSSR count). The summed E-state index contributed by atoms with van der Waals surface area (Å²) in [5.41, 5.74) is 1.17. The molecule has 1 atom stereocenters. The quantitative estimate of drug-likeness (QED) is 0.424. The number of benzene rings is 2. The third-order valence-corrected chi connectivity index (χ3v) is 5.72. The number of nitro groups is 1. The molecule has 8 nitrogen and oxygen atoms in total. The lowest BCUT2D eigenvalue weighted by Gasteiger charge is -2.26. The van der Waals surface area contributed by atoms with Crippen LogP contribution in [0.25, 0.3) is 0 Å². The van der Waals surface area contributed by atoms with E-state index in [-0.39, 0.29) is 5.69 Å². The molecule has 0 heterocycles. The predicted octanol–water partition coefficient (Wildman–Crippen LogP) is 4.20. The zero-order chi connectivity index (χ0) is 18.4. The lowest BCUT2D eigenvalue weighted by atomic mass is 10.2. The standard InChI is InChI=1S/C16H19N2O6P/c1-22-15-10-4-12(5-11-15)16(25(21,23-2)24-3)17-13-6-8-14(9-7-13)18(19)20/h4-11,16-17H,1-3H3/t16-/m0/s1. The molecule has 25 heavy (non-hydrogen) atoms. The number of hydrogen-bond acceptors (Lipinski definition) is 7. The molecule has 0 aliphatic carbocycles. The summed E-state index contributed by atoms with van der Waals surface area (Å²) < 4.78 is 28.3. The first-order chi connectivity index (χ1) is 11.9. The lowest BCUT2D eigenvalue weighted by Crippen LogP contribution is -2.13. The van der Waals surface area contributed by atoms with Gasteiger partial charge in [-0.15, -0.1) is 0 Å². The highest BCUT2D eigenvalue weighted by molar-refractivity contribution is 7.54. The van der Waals surface area contributed by atoms with Gasteiger partial charge in [-0.1, -0.05) is 12.1 Å². The predicted molar refractivity (Wildman–Crippen MR) is 94.1 cm³/mol. The molecule has 9 heteroatoms. The van der Waals surface area contributed by atoms with Crippen LogP contribution in [0.2, 0.25) is 0 Å². The van der Waals surface area contributed by atoms with Gasteiger partial charge in [0.15, 0.2) is 5.78 Å². The number of nitro benzene ring substituents is 1. The van der Waals surface area contributed by atoms with E-state index in [0.29, 0.717) is 17.0 Å². The first-order valence-electron chi connectivity index (χ1n) is 7.29. The average molecular weight is 366 g/mol. The van der Waals surface area contributed by atoms with Crippen LogP contribution in [0.4, 0.5) is 11.4 Å². The molecule has 0 radical (unpaired) electrons. The van der Waals surface area contributed by atoms with E-state index in [0.717, 1.165) is 0 Å². The van der Waals surface area contributed by atoms with E-state index in [1.54, 1.807) is 31.4 Å². The fraction of sp³-hybridized carbons (Fsp3) is 0.250. The number of nitrogens with one attached hydrogen (secondary N) is 1. The Balaban J connectivity index is 2.37. The van der Waals surface area contributed by atoms with E-state index in [1.807, 2.05) is 0 Å². The van der Waals surface area contributed by atoms with E-state index < -0.39 is 18.3 Å². The molecule has 0 saturated heterocycles. The maximum Gasteiger partial charge on any atom is 0.356 e. The Morgan fingerprint density at radius 2 is 1.56 bits per heavy atom. The van der Waals surface area contributed by atoms with Gasteiger partial charge in [0.25, 0.3) is 5.69 Å². The Morgan fingerprint density at radius 3 is 2.00 bits per heavy atom. The first-order valence-corrected chi connectivity index (χ1v) is 8.91. The highest BCUT2D eigenvalue weighted by atomic mass is 31.2. The van der Waals surface area contributed by atoms with Crippen molar-refractivity contribution in [3.63, 3.8) is 0 Å². The molecule has 2 aromatic carbocycles. The minimum Gasteiger partial charge on any atom is -0.497 e. The summed E-state index contributed by atoms with van der Waals surface area (Å²) in [7, 11) is 0.641. The van der Waals surface area contributed by atoms with Crippen LogP contribution in [0.1, 0.15) is 11.3 Å². The summed E-state index contributed by atoms with van der Waals surface area (Å²) in [6.45, 7) is 0. The van der Waals surface area contributed by atoms with Gasteiger partial charge < -0.3 is 19.1 Å². The van der Waals surface area contributed by atoms with Crippen molar-refractivity contribution in [1.82, 2.24) is 0 Å². The molecule has 0 fully saturated rings. The summed E-state index contributed by atoms with van der Waals surface area (Å²) >= 11 is 0. The van der Waals surface area contributed by atoms with Crippen molar-refractivity contribution in [2.45, 2.75) is 5.78 Å². The molecule has 1 N–H and O–H groups in total. The summed E-state index contributed by atoms with van der Waals surface area (Å²) in [4.78, 5) is 10.3. The van der Waals surface area contributed by atoms with Gasteiger partial charge in [-0.05, 0) is 29.8 Å². The van der Waals surface area contributed by atoms with Crippen molar-refractivity contribution in [2.75, 3.05) is 26.6 Å². The van der Waals surface area contributed by atoms with Gasteiger partial charge in [0.1, 0.15) is 5.75 Å². The molecule has 0 spiro atoms. The third kappa shape index (κ3) is 4.36. The second kappa shape index (κ2) is 8.11. The van der Waals surface area contributed by atoms with E-state index >= 15 is 0 Å². The Bertz CT molecular complexity index is 755. The monoisotopic (exact) mass is 366 g/mol. The van der Waals surface area contributed by atoms with E-state index in [9.17, 15) is 14.7 Å². The topological polar surface area (TPSA) is 99.9 Å². The number of hydrogen-bond donors (Lipinski definition) is 1. The molecule has 0 amide bonds. The van der Waals surface area contributed by atoms with Gasteiger partial charge >= 0.3 is 7.60 Å². The summed E-state index contributed by atoms with van der Waals surface area (Å²) in [5, 5.41) is 13.8. The Kier molecular flexibility index (Phi) is 6.14. The Morgan fingerprint density at radius 1 is 1.00 bits per heavy atom. The Labute approximate surface area is 145 Å². The highest BCUT2D eigenvalue weighted by Crippen LogP contribution is 2.59. The van der Waals surface area contributed by atoms with Crippen LogP contribution in [0.5, 0.6) is 5.75 Å². The van der Waals surface area contributed by atoms with Crippen LogP contribution >= 0.6 is 7.60 Å². The van der Waals surface area contributed by atoms with Crippen molar-refractivity contribution in [1.29, 1.82) is 0 Å². The van der Waals surface area contributed by atoms with Crippen LogP contribution in [-0.2, 0) is 13.6 Å². The van der Waals surface area contributed by atoms with Crippen molar-refractivity contribution < 1.29 is 23.3 Å². The van der Waals surface area contributed by atoms with E-state index in [4.69, 9.17) is 13.8 Å². The maximum atomic E-state index is 12.9. The smallest absolute Gasteiger partial charge is 0.356 e. The largest absolute Gasteiger partial charge is 0.497 e. The second-order valence-corrected chi connectivity index (χ2v) is 7.36. The fourth-order valence-electron chi connectivity index (χ4n) is 2.25. The highest BCUT2D eigenvalue weighted by Gasteiger charge is 2.35. The molecule has 0 aliphatic heterocycles. The van der Waals surface area contributed by atoms with Crippen LogP contribution in [-0.4, -0.2) is 26.3 Å². The number of nitrogens with zero attached hydrogens (tertiary/aromatic N) is 1. The molecule has 0 unspecified atom stereocenters. The fourth-order valence-corrected chi connectivity index (χ4v) is 3.67. The number of non-ortho nitro benzene ring substituents is 1. The van der Waals surface area contributed by atoms with Gasteiger partial charge in [-0.2, -0.15) is 0 Å². The minimum atomic E-state index is -3.52. The molecular formula is C16H19N2O6P. The zero-order valence-corrected chi connectivity index (χ0v) is 14.9. The minimum absolute atomic E-state index is 0.0341. The van der Waals surface area contributed by atoms with Gasteiger partial charge in [-0.25, -0.2) is 0 Å². The molecule has 0 saturated carbocycles. The van der Waals surface area contributed by atoms with Crippen molar-refractivity contribution in [3.8, 4) is 5.75 Å².